The van der Waals surface area contributed by atoms with Crippen molar-refractivity contribution in [2.75, 3.05) is 26.7 Å². The predicted octanol–water partition coefficient (Wildman–Crippen LogP) is 4.03. The highest BCUT2D eigenvalue weighted by Crippen LogP contribution is 2.19. The van der Waals surface area contributed by atoms with Crippen molar-refractivity contribution in [3.05, 3.63) is 48.7 Å². The normalized spacial score (nSPS) is 16.2. The molecule has 1 N–H and O–H groups in total. The first-order chi connectivity index (χ1) is 13.6. The van der Waals surface area contributed by atoms with Gasteiger partial charge in [0.15, 0.2) is 0 Å². The van der Waals surface area contributed by atoms with Crippen LogP contribution >= 0.6 is 0 Å². The van der Waals surface area contributed by atoms with Gasteiger partial charge in [-0.1, -0.05) is 38.3 Å². The number of carbonyl (C=O) groups excluding carboxylic acids is 2. The number of amides is 2. The second-order valence-corrected chi connectivity index (χ2v) is 8.23. The van der Waals surface area contributed by atoms with Gasteiger partial charge in [-0.2, -0.15) is 0 Å². The maximum atomic E-state index is 12.8. The highest BCUT2D eigenvalue weighted by molar-refractivity contribution is 5.78. The summed E-state index contributed by atoms with van der Waals surface area (Å²) in [6, 6.07) is 0.0325. The fourth-order valence-corrected chi connectivity index (χ4v) is 3.25. The van der Waals surface area contributed by atoms with Gasteiger partial charge in [0.1, 0.15) is 5.60 Å². The van der Waals surface area contributed by atoms with E-state index in [0.29, 0.717) is 13.1 Å². The van der Waals surface area contributed by atoms with E-state index >= 15 is 0 Å². The number of alkyl carbamates (subject to hydrolysis) is 1. The second kappa shape index (κ2) is 11.5. The molecule has 1 aliphatic heterocycles. The third-order valence-corrected chi connectivity index (χ3v) is 4.66. The van der Waals surface area contributed by atoms with Crippen LogP contribution < -0.4 is 5.32 Å². The highest BCUT2D eigenvalue weighted by atomic mass is 16.6. The first-order valence-corrected chi connectivity index (χ1v) is 10.2. The van der Waals surface area contributed by atoms with Gasteiger partial charge in [0.25, 0.3) is 0 Å². The number of likely N-dealkylation sites (tertiary alicyclic amines) is 1. The summed E-state index contributed by atoms with van der Waals surface area (Å²) in [7, 11) is 1.91. The van der Waals surface area contributed by atoms with E-state index < -0.39 is 11.7 Å². The minimum absolute atomic E-state index is 0.0325. The third-order valence-electron chi connectivity index (χ3n) is 4.66. The number of likely N-dealkylation sites (N-methyl/N-ethyl adjacent to an activating group) is 1. The van der Waals surface area contributed by atoms with Crippen molar-refractivity contribution in [1.82, 2.24) is 15.1 Å². The highest BCUT2D eigenvalue weighted by Gasteiger charge is 2.26. The zero-order valence-electron chi connectivity index (χ0n) is 18.7. The molecular weight excluding hydrogens is 366 g/mol. The molecule has 1 rings (SSSR count). The molecule has 0 aromatic rings. The molecule has 162 valence electrons. The second-order valence-electron chi connectivity index (χ2n) is 8.23. The maximum Gasteiger partial charge on any atom is 0.407 e. The average Bonchev–Trinajstić information content (AvgIpc) is 2.63. The summed E-state index contributed by atoms with van der Waals surface area (Å²) in [5.41, 5.74) is 1.56. The lowest BCUT2D eigenvalue weighted by Gasteiger charge is -2.34. The van der Waals surface area contributed by atoms with Crippen LogP contribution in [0.4, 0.5) is 4.79 Å². The Balaban J connectivity index is 2.60. The molecule has 1 heterocycles. The van der Waals surface area contributed by atoms with E-state index in [1.54, 1.807) is 12.2 Å². The summed E-state index contributed by atoms with van der Waals surface area (Å²) in [6.45, 7) is 16.7. The first-order valence-electron chi connectivity index (χ1n) is 10.2. The number of nitrogens with zero attached hydrogens (tertiary/aromatic N) is 2. The Kier molecular flexibility index (Phi) is 9.72. The van der Waals surface area contributed by atoms with Crippen molar-refractivity contribution in [3.63, 3.8) is 0 Å². The quantitative estimate of drug-likeness (QED) is 0.622. The van der Waals surface area contributed by atoms with E-state index in [1.807, 2.05) is 49.8 Å². The van der Waals surface area contributed by atoms with Gasteiger partial charge in [-0.25, -0.2) is 4.79 Å². The minimum Gasteiger partial charge on any atom is -0.444 e. The van der Waals surface area contributed by atoms with Gasteiger partial charge in [0.2, 0.25) is 5.91 Å². The Morgan fingerprint density at radius 2 is 1.76 bits per heavy atom. The van der Waals surface area contributed by atoms with E-state index in [0.717, 1.165) is 30.5 Å². The fraction of sp³-hybridized carbons (Fsp3) is 0.565. The Morgan fingerprint density at radius 1 is 1.17 bits per heavy atom. The Hall–Kier alpha value is -2.50. The van der Waals surface area contributed by atoms with E-state index in [4.69, 9.17) is 4.74 Å². The molecule has 29 heavy (non-hydrogen) atoms. The molecule has 0 unspecified atom stereocenters. The lowest BCUT2D eigenvalue weighted by molar-refractivity contribution is -0.132. The zero-order chi connectivity index (χ0) is 22.0. The van der Waals surface area contributed by atoms with Crippen molar-refractivity contribution in [2.45, 2.75) is 58.6 Å². The summed E-state index contributed by atoms with van der Waals surface area (Å²) in [5.74, 6) is 0.0761. The smallest absolute Gasteiger partial charge is 0.407 e. The van der Waals surface area contributed by atoms with Crippen LogP contribution in [0.15, 0.2) is 48.7 Å². The predicted molar refractivity (Wildman–Crippen MR) is 118 cm³/mol. The summed E-state index contributed by atoms with van der Waals surface area (Å²) in [6.07, 6.45) is 9.26. The topological polar surface area (TPSA) is 61.9 Å². The van der Waals surface area contributed by atoms with Gasteiger partial charge in [0.05, 0.1) is 6.54 Å². The van der Waals surface area contributed by atoms with Crippen LogP contribution in [0.3, 0.4) is 0 Å². The van der Waals surface area contributed by atoms with Gasteiger partial charge in [-0.05, 0) is 51.7 Å². The summed E-state index contributed by atoms with van der Waals surface area (Å²) in [5, 5.41) is 2.90. The minimum atomic E-state index is -0.514. The molecule has 0 aromatic heterocycles. The van der Waals surface area contributed by atoms with Crippen LogP contribution in [-0.2, 0) is 9.53 Å². The molecule has 2 amide bonds. The molecule has 6 heteroatoms. The Morgan fingerprint density at radius 3 is 2.24 bits per heavy atom. The van der Waals surface area contributed by atoms with Crippen molar-refractivity contribution >= 4 is 12.0 Å². The SMILES string of the molecule is C=C/C=C(CC)\C(=C/C=C)N(C)CC(=O)N1CCC(NC(=O)OC(C)(C)C)CC1. The lowest BCUT2D eigenvalue weighted by atomic mass is 10.0. The molecule has 6 nitrogen and oxygen atoms in total. The van der Waals surface area contributed by atoms with E-state index in [1.165, 1.54) is 0 Å². The molecule has 0 aliphatic carbocycles. The fourth-order valence-electron chi connectivity index (χ4n) is 3.25. The van der Waals surface area contributed by atoms with Crippen LogP contribution in [0.1, 0.15) is 47.0 Å². The Labute approximate surface area is 176 Å². The van der Waals surface area contributed by atoms with E-state index in [2.05, 4.69) is 25.4 Å². The molecule has 0 bridgehead atoms. The van der Waals surface area contributed by atoms with Crippen molar-refractivity contribution < 1.29 is 14.3 Å². The Bertz CT molecular complexity index is 651. The van der Waals surface area contributed by atoms with Gasteiger partial charge in [0, 0.05) is 31.9 Å². The number of hydrogen-bond acceptors (Lipinski definition) is 4. The molecule has 0 radical (unpaired) electrons. The summed E-state index contributed by atoms with van der Waals surface area (Å²) < 4.78 is 5.31. The van der Waals surface area contributed by atoms with Crippen LogP contribution in [0.5, 0.6) is 0 Å². The molecule has 1 aliphatic rings. The first kappa shape index (κ1) is 24.5. The monoisotopic (exact) mass is 403 g/mol. The zero-order valence-corrected chi connectivity index (χ0v) is 18.7. The van der Waals surface area contributed by atoms with Gasteiger partial charge in [-0.3, -0.25) is 4.79 Å². The van der Waals surface area contributed by atoms with Crippen LogP contribution in [0, 0.1) is 0 Å². The lowest BCUT2D eigenvalue weighted by Crippen LogP contribution is -2.49. The number of allylic oxidation sites excluding steroid dienone is 5. The molecular formula is C23H37N3O3. The van der Waals surface area contributed by atoms with Crippen LogP contribution in [-0.4, -0.2) is 60.1 Å². The number of hydrogen-bond donors (Lipinski definition) is 1. The number of piperidine rings is 1. The van der Waals surface area contributed by atoms with E-state index in [-0.39, 0.29) is 18.5 Å². The summed E-state index contributed by atoms with van der Waals surface area (Å²) in [4.78, 5) is 28.5. The average molecular weight is 404 g/mol. The maximum absolute atomic E-state index is 12.8. The van der Waals surface area contributed by atoms with Crippen LogP contribution in [0.2, 0.25) is 0 Å². The summed E-state index contributed by atoms with van der Waals surface area (Å²) >= 11 is 0. The third kappa shape index (κ3) is 8.59. The van der Waals surface area contributed by atoms with Crippen molar-refractivity contribution in [1.29, 1.82) is 0 Å². The van der Waals surface area contributed by atoms with E-state index in [9.17, 15) is 9.59 Å². The molecule has 0 saturated carbocycles. The number of ether oxygens (including phenoxy) is 1. The van der Waals surface area contributed by atoms with Crippen molar-refractivity contribution in [3.8, 4) is 0 Å². The molecule has 0 atom stereocenters. The molecule has 0 aromatic carbocycles. The number of rotatable bonds is 8. The molecule has 0 spiro atoms. The molecule has 1 fully saturated rings. The van der Waals surface area contributed by atoms with Gasteiger partial charge >= 0.3 is 6.09 Å². The number of nitrogens with one attached hydrogen (secondary N) is 1. The number of carbonyl (C=O) groups is 2. The van der Waals surface area contributed by atoms with Gasteiger partial charge in [-0.15, -0.1) is 0 Å². The molecule has 1 saturated heterocycles. The van der Waals surface area contributed by atoms with Crippen molar-refractivity contribution in [2.24, 2.45) is 0 Å². The standard InChI is InChI=1S/C23H37N3O3/c1-8-11-18(10-3)20(12-9-2)25(7)17-21(27)26-15-13-19(14-16-26)24-22(28)29-23(4,5)6/h8-9,11-12,19H,1-2,10,13-17H2,3-7H3,(H,24,28)/b18-11-,20-12+. The van der Waals surface area contributed by atoms with Crippen LogP contribution in [0.25, 0.3) is 0 Å². The largest absolute Gasteiger partial charge is 0.444 e. The van der Waals surface area contributed by atoms with Gasteiger partial charge < -0.3 is 19.9 Å².